The quantitative estimate of drug-likeness (QED) is 0.920. The minimum absolute atomic E-state index is 0.154. The number of rotatable bonds is 4. The molecule has 7 heteroatoms. The molecule has 0 spiro atoms. The second-order valence-corrected chi connectivity index (χ2v) is 6.78. The molecule has 0 bridgehead atoms. The van der Waals surface area contributed by atoms with Gasteiger partial charge in [-0.25, -0.2) is 0 Å². The monoisotopic (exact) mass is 342 g/mol. The molecule has 0 unspecified atom stereocenters. The van der Waals surface area contributed by atoms with Crippen molar-refractivity contribution in [1.29, 1.82) is 0 Å². The summed E-state index contributed by atoms with van der Waals surface area (Å²) >= 11 is 0. The summed E-state index contributed by atoms with van der Waals surface area (Å²) < 4.78 is 1.85. The topological polar surface area (TPSA) is 75.9 Å². The molecule has 134 valence electrons. The fourth-order valence-electron chi connectivity index (χ4n) is 3.65. The van der Waals surface area contributed by atoms with Gasteiger partial charge in [-0.05, 0) is 45.7 Å². The van der Waals surface area contributed by atoms with Gasteiger partial charge in [0.2, 0.25) is 5.91 Å². The number of anilines is 1. The van der Waals surface area contributed by atoms with Gasteiger partial charge in [0.1, 0.15) is 5.82 Å². The van der Waals surface area contributed by atoms with E-state index in [1.807, 2.05) is 49.5 Å². The molecule has 2 aromatic heterocycles. The van der Waals surface area contributed by atoms with Gasteiger partial charge in [-0.15, -0.1) is 5.10 Å². The van der Waals surface area contributed by atoms with Gasteiger partial charge >= 0.3 is 0 Å². The number of hydrogen-bond acceptors (Lipinski definition) is 5. The molecule has 3 heterocycles. The number of nitrogens with one attached hydrogen (secondary N) is 1. The minimum atomic E-state index is -0.154. The molecule has 3 rings (SSSR count). The van der Waals surface area contributed by atoms with Gasteiger partial charge < -0.3 is 10.2 Å². The van der Waals surface area contributed by atoms with Crippen LogP contribution in [0, 0.1) is 13.8 Å². The number of hydrogen-bond donors (Lipinski definition) is 1. The molecule has 1 fully saturated rings. The highest BCUT2D eigenvalue weighted by Crippen LogP contribution is 2.26. The summed E-state index contributed by atoms with van der Waals surface area (Å²) in [6.07, 6.45) is 3.50. The summed E-state index contributed by atoms with van der Waals surface area (Å²) in [6, 6.07) is 4.12. The first-order chi connectivity index (χ1) is 12.0. The normalized spacial score (nSPS) is 16.7. The van der Waals surface area contributed by atoms with Crippen molar-refractivity contribution in [2.45, 2.75) is 45.6 Å². The van der Waals surface area contributed by atoms with Gasteiger partial charge in [-0.3, -0.25) is 9.48 Å². The molecule has 1 amide bonds. The second kappa shape index (κ2) is 7.21. The van der Waals surface area contributed by atoms with Gasteiger partial charge in [-0.1, -0.05) is 0 Å². The Labute approximate surface area is 148 Å². The van der Waals surface area contributed by atoms with Gasteiger partial charge in [0.05, 0.1) is 11.6 Å². The number of aromatic nitrogens is 4. The van der Waals surface area contributed by atoms with Crippen LogP contribution in [-0.4, -0.2) is 49.9 Å². The summed E-state index contributed by atoms with van der Waals surface area (Å²) in [4.78, 5) is 14.9. The molecule has 0 aliphatic carbocycles. The zero-order chi connectivity index (χ0) is 18.0. The lowest BCUT2D eigenvalue weighted by Gasteiger charge is -2.34. The average Bonchev–Trinajstić information content (AvgIpc) is 2.87. The van der Waals surface area contributed by atoms with Crippen molar-refractivity contribution in [1.82, 2.24) is 24.9 Å². The Balaban J connectivity index is 1.59. The Morgan fingerprint density at radius 3 is 2.60 bits per heavy atom. The van der Waals surface area contributed by atoms with E-state index >= 15 is 0 Å². The summed E-state index contributed by atoms with van der Waals surface area (Å²) in [7, 11) is 1.92. The Bertz CT molecular complexity index is 734. The Morgan fingerprint density at radius 1 is 1.32 bits per heavy atom. The van der Waals surface area contributed by atoms with Crippen molar-refractivity contribution in [2.75, 3.05) is 18.4 Å². The zero-order valence-electron chi connectivity index (χ0n) is 15.4. The molecule has 1 saturated heterocycles. The average molecular weight is 342 g/mol. The fraction of sp³-hybridized carbons (Fsp3) is 0.556. The predicted molar refractivity (Wildman–Crippen MR) is 96.4 cm³/mol. The van der Waals surface area contributed by atoms with Gasteiger partial charge in [0.25, 0.3) is 0 Å². The van der Waals surface area contributed by atoms with Crippen molar-refractivity contribution < 1.29 is 4.79 Å². The number of nitrogens with zero attached hydrogens (tertiary/aromatic N) is 5. The van der Waals surface area contributed by atoms with E-state index in [-0.39, 0.29) is 11.8 Å². The van der Waals surface area contributed by atoms with Crippen LogP contribution in [0.2, 0.25) is 0 Å². The smallest absolute Gasteiger partial charge is 0.229 e. The van der Waals surface area contributed by atoms with Crippen molar-refractivity contribution in [2.24, 2.45) is 7.05 Å². The molecule has 1 N–H and O–H groups in total. The summed E-state index contributed by atoms with van der Waals surface area (Å²) in [6.45, 7) is 7.52. The first-order valence-electron chi connectivity index (χ1n) is 8.80. The molecule has 1 atom stereocenters. The fourth-order valence-corrected chi connectivity index (χ4v) is 3.65. The Hall–Kier alpha value is -2.44. The minimum Gasteiger partial charge on any atom is -0.366 e. The van der Waals surface area contributed by atoms with Crippen molar-refractivity contribution in [3.8, 4) is 0 Å². The Morgan fingerprint density at radius 2 is 2.04 bits per heavy atom. The van der Waals surface area contributed by atoms with Crippen LogP contribution in [0.15, 0.2) is 18.3 Å². The maximum Gasteiger partial charge on any atom is 0.229 e. The summed E-state index contributed by atoms with van der Waals surface area (Å²) in [5.41, 5.74) is 3.07. The number of aryl methyl sites for hydroxylation is 2. The van der Waals surface area contributed by atoms with Crippen LogP contribution >= 0.6 is 0 Å². The molecule has 2 aromatic rings. The highest BCUT2D eigenvalue weighted by molar-refractivity contribution is 5.84. The number of carbonyl (C=O) groups is 1. The highest BCUT2D eigenvalue weighted by atomic mass is 16.2. The van der Waals surface area contributed by atoms with E-state index < -0.39 is 0 Å². The molecule has 25 heavy (non-hydrogen) atoms. The van der Waals surface area contributed by atoms with Gasteiger partial charge in [-0.2, -0.15) is 10.2 Å². The zero-order valence-corrected chi connectivity index (χ0v) is 15.4. The third-order valence-electron chi connectivity index (χ3n) is 5.10. The van der Waals surface area contributed by atoms with E-state index in [2.05, 4.69) is 20.6 Å². The van der Waals surface area contributed by atoms with E-state index in [0.717, 1.165) is 48.7 Å². The van der Waals surface area contributed by atoms with Crippen LogP contribution in [0.25, 0.3) is 0 Å². The van der Waals surface area contributed by atoms with Crippen LogP contribution < -0.4 is 5.32 Å². The molecule has 0 radical (unpaired) electrons. The van der Waals surface area contributed by atoms with Crippen LogP contribution in [0.1, 0.15) is 42.6 Å². The lowest BCUT2D eigenvalue weighted by atomic mass is 9.96. The molecule has 0 saturated carbocycles. The standard InChI is InChI=1S/C18H26N6O/c1-12(17-13(2)22-23(4)14(17)3)18(25)24-10-7-15(8-11-24)20-16-6-5-9-19-21-16/h5-6,9,12,15H,7-8,10-11H2,1-4H3,(H,20,21)/t12-/m0/s1. The lowest BCUT2D eigenvalue weighted by molar-refractivity contribution is -0.133. The van der Waals surface area contributed by atoms with E-state index in [9.17, 15) is 4.79 Å². The first kappa shape index (κ1) is 17.4. The number of amides is 1. The maximum absolute atomic E-state index is 12.9. The maximum atomic E-state index is 12.9. The predicted octanol–water partition coefficient (Wildman–Crippen LogP) is 2.03. The third kappa shape index (κ3) is 3.65. The van der Waals surface area contributed by atoms with Crippen molar-refractivity contribution >= 4 is 11.7 Å². The van der Waals surface area contributed by atoms with Crippen LogP contribution in [0.5, 0.6) is 0 Å². The summed E-state index contributed by atoms with van der Waals surface area (Å²) in [5, 5.41) is 15.8. The lowest BCUT2D eigenvalue weighted by Crippen LogP contribution is -2.44. The molecule has 0 aromatic carbocycles. The van der Waals surface area contributed by atoms with Crippen molar-refractivity contribution in [3.05, 3.63) is 35.3 Å². The molecular weight excluding hydrogens is 316 g/mol. The number of likely N-dealkylation sites (tertiary alicyclic amines) is 1. The summed E-state index contributed by atoms with van der Waals surface area (Å²) in [5.74, 6) is 0.831. The SMILES string of the molecule is Cc1nn(C)c(C)c1[C@H](C)C(=O)N1CCC(Nc2cccnn2)CC1. The Kier molecular flexibility index (Phi) is 5.01. The van der Waals surface area contributed by atoms with E-state index in [0.29, 0.717) is 6.04 Å². The van der Waals surface area contributed by atoms with Gasteiger partial charge in [0, 0.05) is 43.6 Å². The second-order valence-electron chi connectivity index (χ2n) is 6.78. The molecule has 1 aliphatic heterocycles. The van der Waals surface area contributed by atoms with E-state index in [4.69, 9.17) is 0 Å². The van der Waals surface area contributed by atoms with E-state index in [1.165, 1.54) is 0 Å². The molecular formula is C18H26N6O. The molecule has 1 aliphatic rings. The van der Waals surface area contributed by atoms with Crippen LogP contribution in [0.3, 0.4) is 0 Å². The largest absolute Gasteiger partial charge is 0.366 e. The number of piperidine rings is 1. The third-order valence-corrected chi connectivity index (χ3v) is 5.10. The molecule has 7 nitrogen and oxygen atoms in total. The van der Waals surface area contributed by atoms with Crippen LogP contribution in [0.4, 0.5) is 5.82 Å². The van der Waals surface area contributed by atoms with Crippen LogP contribution in [-0.2, 0) is 11.8 Å². The van der Waals surface area contributed by atoms with Gasteiger partial charge in [0.15, 0.2) is 0 Å². The van der Waals surface area contributed by atoms with Crippen molar-refractivity contribution in [3.63, 3.8) is 0 Å². The first-order valence-corrected chi connectivity index (χ1v) is 8.80. The highest BCUT2D eigenvalue weighted by Gasteiger charge is 2.29. The number of carbonyl (C=O) groups excluding carboxylic acids is 1. The van der Waals surface area contributed by atoms with E-state index in [1.54, 1.807) is 6.20 Å².